The number of aromatic nitrogens is 3. The van der Waals surface area contributed by atoms with Gasteiger partial charge in [-0.15, -0.1) is 0 Å². The highest BCUT2D eigenvalue weighted by atomic mass is 19.4. The summed E-state index contributed by atoms with van der Waals surface area (Å²) in [6.45, 7) is 9.84. The monoisotopic (exact) mass is 766 g/mol. The molecule has 1 N–H and O–H groups in total. The number of carbonyl (C=O) groups is 2. The first-order valence-corrected chi connectivity index (χ1v) is 17.7. The summed E-state index contributed by atoms with van der Waals surface area (Å²) in [5, 5.41) is 3.27. The van der Waals surface area contributed by atoms with Crippen LogP contribution >= 0.6 is 0 Å². The van der Waals surface area contributed by atoms with Crippen LogP contribution in [0.1, 0.15) is 94.4 Å². The lowest BCUT2D eigenvalue weighted by Crippen LogP contribution is -2.48. The van der Waals surface area contributed by atoms with Crippen molar-refractivity contribution < 1.29 is 50.1 Å². The third kappa shape index (κ3) is 9.45. The minimum absolute atomic E-state index is 0.0410. The van der Waals surface area contributed by atoms with Gasteiger partial charge in [-0.2, -0.15) is 26.3 Å². The first-order valence-electron chi connectivity index (χ1n) is 17.7. The molecule has 1 aromatic carbocycles. The molecular formula is C37H44F6N6O5. The number of piperidine rings is 1. The average Bonchev–Trinajstić information content (AvgIpc) is 3.10. The molecule has 11 nitrogen and oxygen atoms in total. The van der Waals surface area contributed by atoms with E-state index in [-0.39, 0.29) is 53.7 Å². The summed E-state index contributed by atoms with van der Waals surface area (Å²) in [5.41, 5.74) is -2.43. The van der Waals surface area contributed by atoms with E-state index < -0.39 is 47.6 Å². The molecule has 0 radical (unpaired) electrons. The van der Waals surface area contributed by atoms with Gasteiger partial charge < -0.3 is 24.4 Å². The second-order valence-electron chi connectivity index (χ2n) is 14.2. The zero-order chi connectivity index (χ0) is 39.6. The van der Waals surface area contributed by atoms with Gasteiger partial charge in [0.05, 0.1) is 65.8 Å². The molecule has 294 valence electrons. The van der Waals surface area contributed by atoms with Crippen molar-refractivity contribution in [1.82, 2.24) is 15.0 Å². The van der Waals surface area contributed by atoms with Gasteiger partial charge in [0.25, 0.3) is 0 Å². The number of fused-ring (bicyclic) bond motifs is 1. The Kier molecular flexibility index (Phi) is 11.9. The van der Waals surface area contributed by atoms with E-state index in [9.17, 15) is 35.9 Å². The lowest BCUT2D eigenvalue weighted by molar-refractivity contribution is -0.148. The maximum atomic E-state index is 13.8. The number of nitrogens with one attached hydrogen (secondary N) is 1. The standard InChI is InChI=1S/C37H44F6N6O5/c1-7-25-19-27(31-28(9-10-30(47-31)52-6)49(25)34(51)54-35(3,4)5)46-33-44-20-29(48-13-11-22(12-14-48)32(50)53-8-2)26(45-33)17-21-15-23(36(38,39)40)18-24(16-21)37(41,42)43/h9-10,15-16,18,20,22,25,27H,7-8,11-14,17,19H2,1-6H3,(H,44,45,46)/t25-,27+/m1/s1. The van der Waals surface area contributed by atoms with Gasteiger partial charge in [-0.3, -0.25) is 9.69 Å². The molecule has 0 aliphatic carbocycles. The number of alkyl halides is 6. The minimum atomic E-state index is -5.03. The number of benzene rings is 1. The van der Waals surface area contributed by atoms with Gasteiger partial charge in [-0.25, -0.2) is 19.7 Å². The highest BCUT2D eigenvalue weighted by molar-refractivity contribution is 5.90. The fourth-order valence-corrected chi connectivity index (χ4v) is 6.70. The fourth-order valence-electron chi connectivity index (χ4n) is 6.70. The van der Waals surface area contributed by atoms with Crippen molar-refractivity contribution in [3.63, 3.8) is 0 Å². The number of hydrogen-bond acceptors (Lipinski definition) is 10. The number of nitrogens with zero attached hydrogens (tertiary/aromatic N) is 5. The van der Waals surface area contributed by atoms with Crippen molar-refractivity contribution in [2.24, 2.45) is 5.92 Å². The Morgan fingerprint density at radius 1 is 0.926 bits per heavy atom. The van der Waals surface area contributed by atoms with Crippen molar-refractivity contribution in [2.75, 3.05) is 41.9 Å². The topological polar surface area (TPSA) is 119 Å². The Balaban J connectivity index is 1.55. The second-order valence-corrected chi connectivity index (χ2v) is 14.2. The molecule has 2 atom stereocenters. The van der Waals surface area contributed by atoms with Crippen LogP contribution in [0, 0.1) is 5.92 Å². The Bertz CT molecular complexity index is 1790. The lowest BCUT2D eigenvalue weighted by atomic mass is 9.93. The molecular weight excluding hydrogens is 722 g/mol. The number of carbonyl (C=O) groups excluding carboxylic acids is 2. The van der Waals surface area contributed by atoms with Gasteiger partial charge in [0.2, 0.25) is 11.8 Å². The van der Waals surface area contributed by atoms with Crippen molar-refractivity contribution in [2.45, 2.75) is 96.8 Å². The van der Waals surface area contributed by atoms with E-state index in [0.29, 0.717) is 68.0 Å². The van der Waals surface area contributed by atoms with E-state index in [1.54, 1.807) is 44.7 Å². The van der Waals surface area contributed by atoms with Crippen molar-refractivity contribution in [3.8, 4) is 5.88 Å². The van der Waals surface area contributed by atoms with E-state index in [0.717, 1.165) is 0 Å². The van der Waals surface area contributed by atoms with Crippen molar-refractivity contribution in [3.05, 3.63) is 64.6 Å². The number of amides is 1. The molecule has 0 unspecified atom stereocenters. The van der Waals surface area contributed by atoms with Crippen molar-refractivity contribution >= 4 is 29.4 Å². The van der Waals surface area contributed by atoms with Crippen LogP contribution in [-0.2, 0) is 33.0 Å². The quantitative estimate of drug-likeness (QED) is 0.168. The first kappa shape index (κ1) is 40.4. The molecule has 2 aliphatic heterocycles. The third-order valence-corrected chi connectivity index (χ3v) is 9.23. The summed E-state index contributed by atoms with van der Waals surface area (Å²) in [6, 6.07) is 3.82. The maximum Gasteiger partial charge on any atom is 0.416 e. The van der Waals surface area contributed by atoms with Crippen LogP contribution < -0.4 is 19.9 Å². The molecule has 0 spiro atoms. The molecule has 5 rings (SSSR count). The highest BCUT2D eigenvalue weighted by Crippen LogP contribution is 2.41. The normalized spacial score (nSPS) is 18.2. The molecule has 0 saturated carbocycles. The molecule has 2 aliphatic rings. The van der Waals surface area contributed by atoms with Gasteiger partial charge >= 0.3 is 24.4 Å². The number of anilines is 3. The molecule has 4 heterocycles. The Morgan fingerprint density at radius 2 is 1.57 bits per heavy atom. The van der Waals surface area contributed by atoms with E-state index >= 15 is 0 Å². The molecule has 1 amide bonds. The van der Waals surface area contributed by atoms with Gasteiger partial charge in [-0.05, 0) is 83.2 Å². The summed E-state index contributed by atoms with van der Waals surface area (Å²) < 4.78 is 99.2. The molecule has 17 heteroatoms. The van der Waals surface area contributed by atoms with Crippen LogP contribution in [0.5, 0.6) is 5.88 Å². The van der Waals surface area contributed by atoms with Crippen LogP contribution in [0.4, 0.5) is 48.5 Å². The van der Waals surface area contributed by atoms with Crippen molar-refractivity contribution in [1.29, 1.82) is 0 Å². The number of pyridine rings is 1. The summed E-state index contributed by atoms with van der Waals surface area (Å²) in [4.78, 5) is 43.1. The van der Waals surface area contributed by atoms with E-state index in [2.05, 4.69) is 15.3 Å². The van der Waals surface area contributed by atoms with E-state index in [1.165, 1.54) is 13.3 Å². The molecule has 0 bridgehead atoms. The smallest absolute Gasteiger partial charge is 0.416 e. The number of ether oxygens (including phenoxy) is 3. The zero-order valence-electron chi connectivity index (χ0n) is 30.9. The lowest BCUT2D eigenvalue weighted by Gasteiger charge is -2.40. The third-order valence-electron chi connectivity index (χ3n) is 9.23. The number of methoxy groups -OCH3 is 1. The maximum absolute atomic E-state index is 13.8. The predicted molar refractivity (Wildman–Crippen MR) is 187 cm³/mol. The van der Waals surface area contributed by atoms with Crippen LogP contribution in [0.3, 0.4) is 0 Å². The second kappa shape index (κ2) is 15.9. The van der Waals surface area contributed by atoms with Crippen LogP contribution in [0.25, 0.3) is 0 Å². The van der Waals surface area contributed by atoms with Gasteiger partial charge in [-0.1, -0.05) is 6.92 Å². The SMILES string of the molecule is CCOC(=O)C1CCN(c2cnc(N[C@H]3C[C@@H](CC)N(C(=O)OC(C)(C)C)c4ccc(OC)nc43)nc2Cc2cc(C(F)(F)F)cc(C(F)(F)F)c2)CC1. The highest BCUT2D eigenvalue weighted by Gasteiger charge is 2.40. The summed E-state index contributed by atoms with van der Waals surface area (Å²) >= 11 is 0. The largest absolute Gasteiger partial charge is 0.481 e. The molecule has 54 heavy (non-hydrogen) atoms. The zero-order valence-corrected chi connectivity index (χ0v) is 30.9. The van der Waals surface area contributed by atoms with Gasteiger partial charge in [0.15, 0.2) is 0 Å². The van der Waals surface area contributed by atoms with E-state index in [1.807, 2.05) is 11.8 Å². The van der Waals surface area contributed by atoms with Gasteiger partial charge in [0.1, 0.15) is 5.60 Å². The Morgan fingerprint density at radius 3 is 2.13 bits per heavy atom. The van der Waals surface area contributed by atoms with Crippen LogP contribution in [0.2, 0.25) is 0 Å². The number of halogens is 6. The molecule has 2 aromatic heterocycles. The van der Waals surface area contributed by atoms with E-state index in [4.69, 9.17) is 19.2 Å². The molecule has 1 saturated heterocycles. The Labute approximate surface area is 309 Å². The first-order chi connectivity index (χ1) is 25.3. The van der Waals surface area contributed by atoms with Gasteiger partial charge in [0, 0.05) is 31.6 Å². The number of rotatable bonds is 9. The number of hydrogen-bond donors (Lipinski definition) is 1. The summed E-state index contributed by atoms with van der Waals surface area (Å²) in [6.07, 6.45) is -7.85. The summed E-state index contributed by atoms with van der Waals surface area (Å²) in [7, 11) is 1.45. The molecule has 1 fully saturated rings. The Hall–Kier alpha value is -4.83. The average molecular weight is 767 g/mol. The minimum Gasteiger partial charge on any atom is -0.481 e. The van der Waals surface area contributed by atoms with Crippen LogP contribution in [0.15, 0.2) is 36.5 Å². The predicted octanol–water partition coefficient (Wildman–Crippen LogP) is 8.37. The number of esters is 1. The molecule has 3 aromatic rings. The summed E-state index contributed by atoms with van der Waals surface area (Å²) in [5.74, 6) is -0.371. The fraction of sp³-hybridized carbons (Fsp3) is 0.541. The van der Waals surface area contributed by atoms with Crippen LogP contribution in [-0.4, -0.2) is 65.5 Å².